The number of carbonyl (C=O) groups is 1. The van der Waals surface area contributed by atoms with Crippen LogP contribution in [0.1, 0.15) is 29.8 Å². The van der Waals surface area contributed by atoms with Gasteiger partial charge in [-0.15, -0.1) is 0 Å². The Balaban J connectivity index is 1.45. The van der Waals surface area contributed by atoms with E-state index in [0.29, 0.717) is 30.2 Å². The molecule has 7 nitrogen and oxygen atoms in total. The first-order valence-electron chi connectivity index (χ1n) is 10.1. The van der Waals surface area contributed by atoms with E-state index < -0.39 is 5.79 Å². The minimum absolute atomic E-state index is 0.139. The van der Waals surface area contributed by atoms with Crippen LogP contribution in [0.4, 0.5) is 4.39 Å². The molecule has 0 saturated carbocycles. The van der Waals surface area contributed by atoms with E-state index in [1.807, 2.05) is 13.8 Å². The summed E-state index contributed by atoms with van der Waals surface area (Å²) in [5, 5.41) is 0.743. The van der Waals surface area contributed by atoms with Crippen LogP contribution in [0.2, 0.25) is 0 Å². The molecule has 1 unspecified atom stereocenters. The fraction of sp³-hybridized carbons (Fsp3) is 0.348. The second-order valence-electron chi connectivity index (χ2n) is 8.21. The fourth-order valence-electron chi connectivity index (χ4n) is 4.02. The van der Waals surface area contributed by atoms with E-state index in [1.54, 1.807) is 35.4 Å². The monoisotopic (exact) mass is 426 g/mol. The van der Waals surface area contributed by atoms with Crippen molar-refractivity contribution < 1.29 is 28.1 Å². The number of hydrogen-bond donors (Lipinski definition) is 1. The maximum Gasteiger partial charge on any atom is 0.254 e. The number of ether oxygens (including phenoxy) is 4. The van der Waals surface area contributed by atoms with Crippen LogP contribution in [-0.2, 0) is 16.0 Å². The molecule has 1 amide bonds. The molecule has 31 heavy (non-hydrogen) atoms. The predicted molar refractivity (Wildman–Crippen MR) is 110 cm³/mol. The number of benzene rings is 2. The topological polar surface area (TPSA) is 73.0 Å². The number of hydrogen-bond acceptors (Lipinski definition) is 5. The van der Waals surface area contributed by atoms with Crippen LogP contribution in [0.25, 0.3) is 10.9 Å². The summed E-state index contributed by atoms with van der Waals surface area (Å²) in [4.78, 5) is 18.3. The molecule has 5 rings (SSSR count). The van der Waals surface area contributed by atoms with E-state index in [0.717, 1.165) is 16.5 Å². The van der Waals surface area contributed by atoms with Gasteiger partial charge in [0, 0.05) is 35.8 Å². The molecule has 1 aromatic heterocycles. The van der Waals surface area contributed by atoms with E-state index in [-0.39, 0.29) is 31.2 Å². The number of carbonyl (C=O) groups excluding carboxylic acids is 1. The molecule has 1 N–H and O–H groups in total. The van der Waals surface area contributed by atoms with Crippen molar-refractivity contribution in [1.82, 2.24) is 9.88 Å². The van der Waals surface area contributed by atoms with Gasteiger partial charge in [0.2, 0.25) is 6.79 Å². The molecule has 1 saturated heterocycles. The van der Waals surface area contributed by atoms with Gasteiger partial charge in [-0.3, -0.25) is 4.79 Å². The highest BCUT2D eigenvalue weighted by Gasteiger charge is 2.35. The highest BCUT2D eigenvalue weighted by Crippen LogP contribution is 2.33. The van der Waals surface area contributed by atoms with Crippen LogP contribution >= 0.6 is 0 Å². The molecular formula is C23H23FN2O5. The largest absolute Gasteiger partial charge is 0.454 e. The lowest BCUT2D eigenvalue weighted by Gasteiger charge is -2.26. The van der Waals surface area contributed by atoms with Crippen molar-refractivity contribution >= 4 is 16.8 Å². The summed E-state index contributed by atoms with van der Waals surface area (Å²) in [5.41, 5.74) is 2.11. The van der Waals surface area contributed by atoms with Crippen LogP contribution in [0.15, 0.2) is 42.6 Å². The Morgan fingerprint density at radius 1 is 1.19 bits per heavy atom. The summed E-state index contributed by atoms with van der Waals surface area (Å²) < 4.78 is 36.2. The Morgan fingerprint density at radius 3 is 2.84 bits per heavy atom. The lowest BCUT2D eigenvalue weighted by Crippen LogP contribution is -2.38. The average molecular weight is 426 g/mol. The van der Waals surface area contributed by atoms with Gasteiger partial charge in [-0.25, -0.2) is 4.39 Å². The molecule has 0 radical (unpaired) electrons. The third kappa shape index (κ3) is 3.96. The van der Waals surface area contributed by atoms with E-state index in [4.69, 9.17) is 18.9 Å². The van der Waals surface area contributed by atoms with Crippen LogP contribution in [0.3, 0.4) is 0 Å². The smallest absolute Gasteiger partial charge is 0.254 e. The van der Waals surface area contributed by atoms with Crippen molar-refractivity contribution in [2.75, 3.05) is 19.9 Å². The number of nitrogens with one attached hydrogen (secondary N) is 1. The summed E-state index contributed by atoms with van der Waals surface area (Å²) in [7, 11) is 0. The summed E-state index contributed by atoms with van der Waals surface area (Å²) in [6.45, 7) is 4.84. The number of aromatic amines is 1. The lowest BCUT2D eigenvalue weighted by atomic mass is 10.1. The summed E-state index contributed by atoms with van der Waals surface area (Å²) in [5.74, 6) is -0.0400. The van der Waals surface area contributed by atoms with Crippen LogP contribution in [0, 0.1) is 5.82 Å². The summed E-state index contributed by atoms with van der Waals surface area (Å²) >= 11 is 0. The number of nitrogens with zero attached hydrogens (tertiary/aromatic N) is 1. The van der Waals surface area contributed by atoms with Gasteiger partial charge in [-0.1, -0.05) is 0 Å². The molecular weight excluding hydrogens is 403 g/mol. The number of H-pyrrole nitrogens is 1. The Hall–Kier alpha value is -3.10. The van der Waals surface area contributed by atoms with Crippen molar-refractivity contribution in [3.63, 3.8) is 0 Å². The van der Waals surface area contributed by atoms with Gasteiger partial charge in [0.15, 0.2) is 17.3 Å². The zero-order valence-electron chi connectivity index (χ0n) is 17.3. The molecule has 162 valence electrons. The number of aromatic nitrogens is 1. The standard InChI is InChI=1S/C23H23FN2O5/c1-23(2)30-12-17(31-23)11-26(10-15-9-25-19-5-4-16(24)8-18(15)19)22(27)14-3-6-20-21(7-14)29-13-28-20/h3-9,17,25H,10-13H2,1-2H3. The molecule has 1 atom stereocenters. The van der Waals surface area contributed by atoms with E-state index >= 15 is 0 Å². The zero-order valence-corrected chi connectivity index (χ0v) is 17.3. The van der Waals surface area contributed by atoms with Gasteiger partial charge in [0.25, 0.3) is 5.91 Å². The second-order valence-corrected chi connectivity index (χ2v) is 8.21. The molecule has 2 aliphatic rings. The maximum absolute atomic E-state index is 13.8. The van der Waals surface area contributed by atoms with Crippen molar-refractivity contribution in [1.29, 1.82) is 0 Å². The Bertz CT molecular complexity index is 1140. The SMILES string of the molecule is CC1(C)OCC(CN(Cc2c[nH]c3ccc(F)cc23)C(=O)c2ccc3c(c2)OCO3)O1. The van der Waals surface area contributed by atoms with Gasteiger partial charge in [0.1, 0.15) is 11.9 Å². The normalized spacial score (nSPS) is 19.1. The van der Waals surface area contributed by atoms with Crippen molar-refractivity contribution in [2.45, 2.75) is 32.3 Å². The molecule has 0 aliphatic carbocycles. The first-order chi connectivity index (χ1) is 14.9. The Morgan fingerprint density at radius 2 is 2.03 bits per heavy atom. The van der Waals surface area contributed by atoms with Crippen molar-refractivity contribution in [3.8, 4) is 11.5 Å². The maximum atomic E-state index is 13.8. The average Bonchev–Trinajstić information content (AvgIpc) is 3.45. The molecule has 1 fully saturated rings. The fourth-order valence-corrected chi connectivity index (χ4v) is 4.02. The molecule has 2 aromatic carbocycles. The van der Waals surface area contributed by atoms with Gasteiger partial charge in [0.05, 0.1) is 6.61 Å². The molecule has 0 spiro atoms. The number of rotatable bonds is 5. The van der Waals surface area contributed by atoms with Gasteiger partial charge >= 0.3 is 0 Å². The number of amides is 1. The zero-order chi connectivity index (χ0) is 21.6. The van der Waals surface area contributed by atoms with Crippen LogP contribution in [0.5, 0.6) is 11.5 Å². The molecule has 3 aromatic rings. The first-order valence-corrected chi connectivity index (χ1v) is 10.1. The first kappa shape index (κ1) is 19.8. The minimum Gasteiger partial charge on any atom is -0.454 e. The van der Waals surface area contributed by atoms with E-state index in [2.05, 4.69) is 4.98 Å². The summed E-state index contributed by atoms with van der Waals surface area (Å²) in [6.07, 6.45) is 1.54. The van der Waals surface area contributed by atoms with E-state index in [9.17, 15) is 9.18 Å². The Labute approximate surface area is 178 Å². The van der Waals surface area contributed by atoms with Crippen LogP contribution < -0.4 is 9.47 Å². The minimum atomic E-state index is -0.692. The highest BCUT2D eigenvalue weighted by atomic mass is 19.1. The lowest BCUT2D eigenvalue weighted by molar-refractivity contribution is -0.139. The molecule has 0 bridgehead atoms. The van der Waals surface area contributed by atoms with Gasteiger partial charge < -0.3 is 28.8 Å². The molecule has 2 aliphatic heterocycles. The third-order valence-corrected chi connectivity index (χ3v) is 5.49. The van der Waals surface area contributed by atoms with Crippen LogP contribution in [-0.4, -0.2) is 47.6 Å². The summed E-state index contributed by atoms with van der Waals surface area (Å²) in [6, 6.07) is 9.70. The molecule has 8 heteroatoms. The van der Waals surface area contributed by atoms with Gasteiger partial charge in [-0.2, -0.15) is 0 Å². The Kier molecular flexibility index (Phi) is 4.83. The number of halogens is 1. The van der Waals surface area contributed by atoms with E-state index in [1.165, 1.54) is 12.1 Å². The van der Waals surface area contributed by atoms with Crippen molar-refractivity contribution in [3.05, 3.63) is 59.5 Å². The third-order valence-electron chi connectivity index (χ3n) is 5.49. The highest BCUT2D eigenvalue weighted by molar-refractivity contribution is 5.95. The predicted octanol–water partition coefficient (Wildman–Crippen LogP) is 3.83. The number of fused-ring (bicyclic) bond motifs is 2. The van der Waals surface area contributed by atoms with Gasteiger partial charge in [-0.05, 0) is 55.8 Å². The van der Waals surface area contributed by atoms with Crippen molar-refractivity contribution in [2.24, 2.45) is 0 Å². The molecule has 3 heterocycles. The quantitative estimate of drug-likeness (QED) is 0.671. The second kappa shape index (κ2) is 7.55.